The minimum absolute atomic E-state index is 0.229. The van der Waals surface area contributed by atoms with Crippen LogP contribution in [0.25, 0.3) is 0 Å². The maximum atomic E-state index is 12.2. The van der Waals surface area contributed by atoms with E-state index in [-0.39, 0.29) is 11.3 Å². The largest absolute Gasteiger partial charge is 0.573 e. The molecule has 1 aromatic carbocycles. The molecule has 1 saturated heterocycles. The van der Waals surface area contributed by atoms with Gasteiger partial charge in [-0.05, 0) is 23.6 Å². The molecule has 0 aliphatic carbocycles. The number of benzene rings is 1. The minimum Gasteiger partial charge on any atom is -0.406 e. The first-order valence-electron chi connectivity index (χ1n) is 8.85. The number of ether oxygens (including phenoxy) is 2. The van der Waals surface area contributed by atoms with Gasteiger partial charge >= 0.3 is 6.36 Å². The maximum absolute atomic E-state index is 12.2. The maximum Gasteiger partial charge on any atom is 0.573 e. The van der Waals surface area contributed by atoms with E-state index in [1.165, 1.54) is 12.1 Å². The third-order valence-electron chi connectivity index (χ3n) is 4.32. The number of halogens is 3. The van der Waals surface area contributed by atoms with Gasteiger partial charge in [0.1, 0.15) is 11.5 Å². The van der Waals surface area contributed by atoms with Crippen molar-refractivity contribution < 1.29 is 27.2 Å². The molecule has 0 radical (unpaired) electrons. The van der Waals surface area contributed by atoms with Crippen molar-refractivity contribution in [3.05, 3.63) is 47.3 Å². The fraction of sp³-hybridized carbons (Fsp3) is 0.526. The summed E-state index contributed by atoms with van der Waals surface area (Å²) in [5.74, 6) is 1.14. The highest BCUT2D eigenvalue weighted by Crippen LogP contribution is 2.25. The summed E-state index contributed by atoms with van der Waals surface area (Å²) in [5, 5.41) is 7.59. The Morgan fingerprint density at radius 2 is 1.93 bits per heavy atom. The van der Waals surface area contributed by atoms with Gasteiger partial charge in [0.15, 0.2) is 0 Å². The van der Waals surface area contributed by atoms with Gasteiger partial charge in [-0.15, -0.1) is 13.2 Å². The Morgan fingerprint density at radius 1 is 1.22 bits per heavy atom. The SMILES string of the molecule is CC(C)Cc1cc(CC2(NCc3ccc(OC(F)(F)F)cc3)COC2)no1. The first-order chi connectivity index (χ1) is 12.7. The molecule has 8 heteroatoms. The summed E-state index contributed by atoms with van der Waals surface area (Å²) in [6.45, 7) is 5.85. The Morgan fingerprint density at radius 3 is 2.48 bits per heavy atom. The van der Waals surface area contributed by atoms with Gasteiger partial charge in [0.25, 0.3) is 0 Å². The summed E-state index contributed by atoms with van der Waals surface area (Å²) in [5.41, 5.74) is 1.49. The smallest absolute Gasteiger partial charge is 0.406 e. The molecule has 0 amide bonds. The van der Waals surface area contributed by atoms with E-state index in [0.29, 0.717) is 32.1 Å². The quantitative estimate of drug-likeness (QED) is 0.749. The molecule has 0 atom stereocenters. The van der Waals surface area contributed by atoms with Crippen LogP contribution in [0.5, 0.6) is 5.75 Å². The molecule has 2 heterocycles. The molecule has 3 rings (SSSR count). The number of nitrogens with one attached hydrogen (secondary N) is 1. The Bertz CT molecular complexity index is 737. The molecule has 1 N–H and O–H groups in total. The first-order valence-corrected chi connectivity index (χ1v) is 8.85. The topological polar surface area (TPSA) is 56.5 Å². The van der Waals surface area contributed by atoms with Crippen molar-refractivity contribution in [2.45, 2.75) is 45.1 Å². The molecule has 0 spiro atoms. The van der Waals surface area contributed by atoms with E-state index in [4.69, 9.17) is 9.26 Å². The van der Waals surface area contributed by atoms with Crippen LogP contribution in [0.1, 0.15) is 30.9 Å². The second-order valence-electron chi connectivity index (χ2n) is 7.38. The zero-order chi connectivity index (χ0) is 19.5. The van der Waals surface area contributed by atoms with E-state index < -0.39 is 6.36 Å². The highest BCUT2D eigenvalue weighted by atomic mass is 19.4. The predicted molar refractivity (Wildman–Crippen MR) is 92.3 cm³/mol. The second-order valence-corrected chi connectivity index (χ2v) is 7.38. The van der Waals surface area contributed by atoms with Crippen LogP contribution in [0.2, 0.25) is 0 Å². The first kappa shape index (κ1) is 19.7. The van der Waals surface area contributed by atoms with Crippen molar-refractivity contribution >= 4 is 0 Å². The zero-order valence-corrected chi connectivity index (χ0v) is 15.3. The summed E-state index contributed by atoms with van der Waals surface area (Å²) in [6.07, 6.45) is -3.17. The molecule has 0 bridgehead atoms. The molecule has 1 aliphatic heterocycles. The van der Waals surface area contributed by atoms with Crippen LogP contribution in [0.15, 0.2) is 34.9 Å². The fourth-order valence-electron chi connectivity index (χ4n) is 3.00. The van der Waals surface area contributed by atoms with E-state index in [0.717, 1.165) is 23.4 Å². The summed E-state index contributed by atoms with van der Waals surface area (Å²) >= 11 is 0. The van der Waals surface area contributed by atoms with Crippen molar-refractivity contribution in [2.24, 2.45) is 5.92 Å². The van der Waals surface area contributed by atoms with Crippen LogP contribution >= 0.6 is 0 Å². The van der Waals surface area contributed by atoms with E-state index in [1.807, 2.05) is 6.07 Å². The third-order valence-corrected chi connectivity index (χ3v) is 4.32. The van der Waals surface area contributed by atoms with E-state index >= 15 is 0 Å². The molecule has 0 saturated carbocycles. The van der Waals surface area contributed by atoms with Gasteiger partial charge < -0.3 is 19.3 Å². The highest BCUT2D eigenvalue weighted by molar-refractivity contribution is 5.27. The summed E-state index contributed by atoms with van der Waals surface area (Å²) in [7, 11) is 0. The highest BCUT2D eigenvalue weighted by Gasteiger charge is 2.39. The van der Waals surface area contributed by atoms with Crippen molar-refractivity contribution in [2.75, 3.05) is 13.2 Å². The van der Waals surface area contributed by atoms with Crippen molar-refractivity contribution in [1.82, 2.24) is 10.5 Å². The number of nitrogens with zero attached hydrogens (tertiary/aromatic N) is 1. The molecular formula is C19H23F3N2O3. The summed E-state index contributed by atoms with van der Waals surface area (Å²) in [4.78, 5) is 0. The number of alkyl halides is 3. The Kier molecular flexibility index (Phi) is 5.76. The average molecular weight is 384 g/mol. The van der Waals surface area contributed by atoms with Gasteiger partial charge in [0.2, 0.25) is 0 Å². The molecule has 148 valence electrons. The molecule has 27 heavy (non-hydrogen) atoms. The van der Waals surface area contributed by atoms with Crippen molar-refractivity contribution in [3.8, 4) is 5.75 Å². The normalized spacial score (nSPS) is 16.4. The number of hydrogen-bond acceptors (Lipinski definition) is 5. The standard InChI is InChI=1S/C19H23F3N2O3/c1-13(2)7-17-8-15(24-27-17)9-18(11-25-12-18)23-10-14-3-5-16(6-4-14)26-19(20,21)22/h3-6,8,13,23H,7,9-12H2,1-2H3. The number of rotatable bonds is 8. The van der Waals surface area contributed by atoms with Crippen LogP contribution in [-0.2, 0) is 24.1 Å². The number of aromatic nitrogens is 1. The molecule has 1 aliphatic rings. The lowest BCUT2D eigenvalue weighted by Gasteiger charge is -2.42. The van der Waals surface area contributed by atoms with Crippen molar-refractivity contribution in [1.29, 1.82) is 0 Å². The van der Waals surface area contributed by atoms with Gasteiger partial charge in [0, 0.05) is 25.5 Å². The van der Waals surface area contributed by atoms with E-state index in [9.17, 15) is 13.2 Å². The van der Waals surface area contributed by atoms with Gasteiger partial charge in [-0.1, -0.05) is 31.1 Å². The second kappa shape index (κ2) is 7.90. The van der Waals surface area contributed by atoms with Crippen LogP contribution in [0.3, 0.4) is 0 Å². The third kappa shape index (κ3) is 5.71. The van der Waals surface area contributed by atoms with Crippen LogP contribution in [0.4, 0.5) is 13.2 Å². The monoisotopic (exact) mass is 384 g/mol. The Balaban J connectivity index is 1.56. The summed E-state index contributed by atoms with van der Waals surface area (Å²) < 4.78 is 51.3. The van der Waals surface area contributed by atoms with Crippen molar-refractivity contribution in [3.63, 3.8) is 0 Å². The minimum atomic E-state index is -4.68. The zero-order valence-electron chi connectivity index (χ0n) is 15.3. The lowest BCUT2D eigenvalue weighted by atomic mass is 9.90. The average Bonchev–Trinajstić information content (AvgIpc) is 2.96. The Hall–Kier alpha value is -2.06. The van der Waals surface area contributed by atoms with Crippen LogP contribution in [0, 0.1) is 5.92 Å². The molecule has 1 aromatic heterocycles. The molecular weight excluding hydrogens is 361 g/mol. The lowest BCUT2D eigenvalue weighted by molar-refractivity contribution is -0.274. The van der Waals surface area contributed by atoms with Gasteiger partial charge in [-0.2, -0.15) is 0 Å². The molecule has 5 nitrogen and oxygen atoms in total. The molecule has 2 aromatic rings. The summed E-state index contributed by atoms with van der Waals surface area (Å²) in [6, 6.07) is 7.82. The van der Waals surface area contributed by atoms with E-state index in [1.54, 1.807) is 12.1 Å². The fourth-order valence-corrected chi connectivity index (χ4v) is 3.00. The van der Waals surface area contributed by atoms with Gasteiger partial charge in [-0.3, -0.25) is 0 Å². The lowest BCUT2D eigenvalue weighted by Crippen LogP contribution is -2.61. The van der Waals surface area contributed by atoms with Gasteiger partial charge in [0.05, 0.1) is 24.4 Å². The van der Waals surface area contributed by atoms with Crippen LogP contribution < -0.4 is 10.1 Å². The predicted octanol–water partition coefficient (Wildman–Crippen LogP) is 3.87. The molecule has 0 unspecified atom stereocenters. The Labute approximate surface area is 155 Å². The number of hydrogen-bond donors (Lipinski definition) is 1. The van der Waals surface area contributed by atoms with E-state index in [2.05, 4.69) is 29.1 Å². The molecule has 1 fully saturated rings. The van der Waals surface area contributed by atoms with Gasteiger partial charge in [-0.25, -0.2) is 0 Å². The van der Waals surface area contributed by atoms with Crippen LogP contribution in [-0.4, -0.2) is 30.3 Å².